The Balaban J connectivity index is 2.05. The summed E-state index contributed by atoms with van der Waals surface area (Å²) < 4.78 is 0. The molecule has 0 aromatic rings. The molecule has 1 saturated carbocycles. The summed E-state index contributed by atoms with van der Waals surface area (Å²) in [6.45, 7) is 3.64. The van der Waals surface area contributed by atoms with Crippen molar-refractivity contribution in [2.24, 2.45) is 0 Å². The number of likely N-dealkylation sites (N-methyl/N-ethyl adjacent to an activating group) is 1. The van der Waals surface area contributed by atoms with Gasteiger partial charge in [-0.25, -0.2) is 0 Å². The van der Waals surface area contributed by atoms with Crippen molar-refractivity contribution in [2.75, 3.05) is 26.7 Å². The molecule has 0 atom stereocenters. The highest BCUT2D eigenvalue weighted by Gasteiger charge is 2.36. The maximum absolute atomic E-state index is 3.56. The van der Waals surface area contributed by atoms with Gasteiger partial charge in [0, 0.05) is 25.2 Å². The molecule has 0 radical (unpaired) electrons. The quantitative estimate of drug-likeness (QED) is 0.612. The first-order chi connectivity index (χ1) is 6.33. The molecule has 0 unspecified atom stereocenters. The van der Waals surface area contributed by atoms with Gasteiger partial charge in [-0.1, -0.05) is 25.7 Å². The Hall–Kier alpha value is -0.0800. The second kappa shape index (κ2) is 3.97. The van der Waals surface area contributed by atoms with E-state index in [2.05, 4.69) is 17.3 Å². The van der Waals surface area contributed by atoms with Gasteiger partial charge in [-0.2, -0.15) is 0 Å². The summed E-state index contributed by atoms with van der Waals surface area (Å²) in [4.78, 5) is 2.61. The molecule has 1 heterocycles. The fraction of sp³-hybridized carbons (Fsp3) is 1.00. The van der Waals surface area contributed by atoms with Gasteiger partial charge in [0.05, 0.1) is 0 Å². The monoisotopic (exact) mass is 182 g/mol. The van der Waals surface area contributed by atoms with Crippen LogP contribution in [0.3, 0.4) is 0 Å². The van der Waals surface area contributed by atoms with Crippen molar-refractivity contribution in [3.63, 3.8) is 0 Å². The van der Waals surface area contributed by atoms with Gasteiger partial charge in [-0.3, -0.25) is 4.90 Å². The van der Waals surface area contributed by atoms with Crippen LogP contribution in [0.5, 0.6) is 0 Å². The van der Waals surface area contributed by atoms with Crippen LogP contribution in [-0.4, -0.2) is 37.1 Å². The molecule has 76 valence electrons. The zero-order chi connectivity index (χ0) is 9.15. The van der Waals surface area contributed by atoms with Crippen LogP contribution in [0, 0.1) is 0 Å². The molecule has 2 rings (SSSR count). The van der Waals surface area contributed by atoms with Gasteiger partial charge in [-0.15, -0.1) is 0 Å². The van der Waals surface area contributed by atoms with E-state index >= 15 is 0 Å². The fourth-order valence-corrected chi connectivity index (χ4v) is 2.89. The number of nitrogens with one attached hydrogen (secondary N) is 1. The number of hydrogen-bond donors (Lipinski definition) is 1. The van der Waals surface area contributed by atoms with Crippen LogP contribution in [0.2, 0.25) is 0 Å². The van der Waals surface area contributed by atoms with Crippen molar-refractivity contribution in [2.45, 2.75) is 44.1 Å². The molecule has 2 heteroatoms. The SMILES string of the molecule is CN1CCNCC12CCCCCC2. The van der Waals surface area contributed by atoms with E-state index in [0.29, 0.717) is 5.54 Å². The molecule has 0 aromatic heterocycles. The molecule has 1 N–H and O–H groups in total. The Morgan fingerprint density at radius 1 is 1.08 bits per heavy atom. The van der Waals surface area contributed by atoms with Crippen LogP contribution in [0.15, 0.2) is 0 Å². The molecule has 2 aliphatic rings. The number of rotatable bonds is 0. The van der Waals surface area contributed by atoms with E-state index < -0.39 is 0 Å². The summed E-state index contributed by atoms with van der Waals surface area (Å²) in [7, 11) is 2.31. The molecule has 0 bridgehead atoms. The Morgan fingerprint density at radius 2 is 1.77 bits per heavy atom. The first-order valence-corrected chi connectivity index (χ1v) is 5.75. The lowest BCUT2D eigenvalue weighted by Crippen LogP contribution is -2.59. The van der Waals surface area contributed by atoms with Crippen LogP contribution in [0.4, 0.5) is 0 Å². The van der Waals surface area contributed by atoms with Gasteiger partial charge >= 0.3 is 0 Å². The van der Waals surface area contributed by atoms with Gasteiger partial charge < -0.3 is 5.32 Å². The van der Waals surface area contributed by atoms with E-state index in [1.54, 1.807) is 0 Å². The van der Waals surface area contributed by atoms with E-state index in [-0.39, 0.29) is 0 Å². The normalized spacial score (nSPS) is 30.2. The summed E-state index contributed by atoms with van der Waals surface area (Å²) in [6.07, 6.45) is 8.61. The van der Waals surface area contributed by atoms with Gasteiger partial charge in [0.2, 0.25) is 0 Å². The highest BCUT2D eigenvalue weighted by atomic mass is 15.2. The van der Waals surface area contributed by atoms with Gasteiger partial charge in [0.25, 0.3) is 0 Å². The Kier molecular flexibility index (Phi) is 2.89. The Labute approximate surface area is 81.7 Å². The minimum atomic E-state index is 0.523. The third-order valence-corrected chi connectivity index (χ3v) is 3.92. The second-order valence-corrected chi connectivity index (χ2v) is 4.74. The fourth-order valence-electron chi connectivity index (χ4n) is 2.89. The van der Waals surface area contributed by atoms with Gasteiger partial charge in [0.15, 0.2) is 0 Å². The Morgan fingerprint density at radius 3 is 2.38 bits per heavy atom. The van der Waals surface area contributed by atoms with E-state index in [1.165, 1.54) is 58.2 Å². The van der Waals surface area contributed by atoms with Crippen molar-refractivity contribution in [1.29, 1.82) is 0 Å². The minimum absolute atomic E-state index is 0.523. The standard InChI is InChI=1S/C11H22N2/c1-13-9-8-12-10-11(13)6-4-2-3-5-7-11/h12H,2-10H2,1H3. The average molecular weight is 182 g/mol. The molecule has 0 amide bonds. The highest BCUT2D eigenvalue weighted by Crippen LogP contribution is 2.32. The molecule has 2 nitrogen and oxygen atoms in total. The third-order valence-electron chi connectivity index (χ3n) is 3.92. The van der Waals surface area contributed by atoms with Crippen LogP contribution in [0.25, 0.3) is 0 Å². The summed E-state index contributed by atoms with van der Waals surface area (Å²) in [5.74, 6) is 0. The highest BCUT2D eigenvalue weighted by molar-refractivity contribution is 4.95. The smallest absolute Gasteiger partial charge is 0.0331 e. The first-order valence-electron chi connectivity index (χ1n) is 5.75. The lowest BCUT2D eigenvalue weighted by molar-refractivity contribution is 0.0722. The molecular formula is C11H22N2. The molecular weight excluding hydrogens is 160 g/mol. The lowest BCUT2D eigenvalue weighted by atomic mass is 9.87. The largest absolute Gasteiger partial charge is 0.314 e. The summed E-state index contributed by atoms with van der Waals surface area (Å²) >= 11 is 0. The summed E-state index contributed by atoms with van der Waals surface area (Å²) in [6, 6.07) is 0. The van der Waals surface area contributed by atoms with Crippen LogP contribution in [-0.2, 0) is 0 Å². The zero-order valence-electron chi connectivity index (χ0n) is 8.81. The molecule has 1 saturated heterocycles. The second-order valence-electron chi connectivity index (χ2n) is 4.74. The number of hydrogen-bond acceptors (Lipinski definition) is 2. The van der Waals surface area contributed by atoms with Crippen LogP contribution < -0.4 is 5.32 Å². The molecule has 0 aromatic carbocycles. The predicted molar refractivity (Wildman–Crippen MR) is 55.9 cm³/mol. The molecule has 2 fully saturated rings. The topological polar surface area (TPSA) is 15.3 Å². The van der Waals surface area contributed by atoms with Crippen LogP contribution in [0.1, 0.15) is 38.5 Å². The maximum atomic E-state index is 3.56. The first kappa shape index (κ1) is 9.47. The van der Waals surface area contributed by atoms with E-state index in [0.717, 1.165) is 0 Å². The van der Waals surface area contributed by atoms with Crippen molar-refractivity contribution < 1.29 is 0 Å². The van der Waals surface area contributed by atoms with Crippen LogP contribution >= 0.6 is 0 Å². The lowest BCUT2D eigenvalue weighted by Gasteiger charge is -2.45. The number of piperazine rings is 1. The molecule has 1 aliphatic heterocycles. The predicted octanol–water partition coefficient (Wildman–Crippen LogP) is 1.61. The molecule has 1 spiro atoms. The number of nitrogens with zero attached hydrogens (tertiary/aromatic N) is 1. The van der Waals surface area contributed by atoms with E-state index in [9.17, 15) is 0 Å². The minimum Gasteiger partial charge on any atom is -0.314 e. The molecule has 13 heavy (non-hydrogen) atoms. The summed E-state index contributed by atoms with van der Waals surface area (Å²) in [5.41, 5.74) is 0.523. The maximum Gasteiger partial charge on any atom is 0.0331 e. The Bertz CT molecular complexity index is 159. The third kappa shape index (κ3) is 1.89. The average Bonchev–Trinajstić information content (AvgIpc) is 2.37. The van der Waals surface area contributed by atoms with Crippen molar-refractivity contribution in [1.82, 2.24) is 10.2 Å². The molecule has 1 aliphatic carbocycles. The summed E-state index contributed by atoms with van der Waals surface area (Å²) in [5, 5.41) is 3.56. The van der Waals surface area contributed by atoms with E-state index in [1.807, 2.05) is 0 Å². The van der Waals surface area contributed by atoms with Gasteiger partial charge in [0.1, 0.15) is 0 Å². The van der Waals surface area contributed by atoms with E-state index in [4.69, 9.17) is 0 Å². The van der Waals surface area contributed by atoms with Crippen molar-refractivity contribution in [3.05, 3.63) is 0 Å². The van der Waals surface area contributed by atoms with Gasteiger partial charge in [-0.05, 0) is 19.9 Å². The van der Waals surface area contributed by atoms with Crippen molar-refractivity contribution >= 4 is 0 Å². The zero-order valence-corrected chi connectivity index (χ0v) is 8.81. The van der Waals surface area contributed by atoms with Crippen molar-refractivity contribution in [3.8, 4) is 0 Å².